The molecule has 0 spiro atoms. The maximum absolute atomic E-state index is 10.5. The lowest BCUT2D eigenvalue weighted by atomic mass is 10.0. The number of aryl methyl sites for hydroxylation is 1. The minimum atomic E-state index is 0.114. The summed E-state index contributed by atoms with van der Waals surface area (Å²) < 4.78 is 5.81. The van der Waals surface area contributed by atoms with E-state index in [0.29, 0.717) is 30.5 Å². The van der Waals surface area contributed by atoms with Gasteiger partial charge in [-0.2, -0.15) is 4.98 Å². The fraction of sp³-hybridized carbons (Fsp3) is 0.200. The summed E-state index contributed by atoms with van der Waals surface area (Å²) in [7, 11) is 0. The Kier molecular flexibility index (Phi) is 4.49. The highest BCUT2D eigenvalue weighted by Crippen LogP contribution is 2.38. The Hall–Kier alpha value is -2.99. The standard InChI is InChI=1S/C20H19ClN4O2/c1-12-7-18(24-20(22)23-12)25-5-6-27-19-15(11-25)8-14(10-17(19)26)13-3-2-4-16(21)9-13/h2-4,7-10,26H,5-6,11H2,1H3,(H2,22,23,24). The minimum Gasteiger partial charge on any atom is -0.504 e. The Morgan fingerprint density at radius 1 is 1.15 bits per heavy atom. The third kappa shape index (κ3) is 3.61. The molecule has 0 saturated carbocycles. The van der Waals surface area contributed by atoms with Gasteiger partial charge in [0.15, 0.2) is 11.5 Å². The van der Waals surface area contributed by atoms with Crippen LogP contribution in [0.4, 0.5) is 11.8 Å². The minimum absolute atomic E-state index is 0.114. The Labute approximate surface area is 162 Å². The molecule has 4 rings (SSSR count). The number of aromatic nitrogens is 2. The first-order valence-electron chi connectivity index (χ1n) is 8.60. The predicted octanol–water partition coefficient (Wildman–Crippen LogP) is 3.79. The van der Waals surface area contributed by atoms with Crippen molar-refractivity contribution in [3.05, 3.63) is 58.7 Å². The van der Waals surface area contributed by atoms with Crippen molar-refractivity contribution < 1.29 is 9.84 Å². The second kappa shape index (κ2) is 6.96. The van der Waals surface area contributed by atoms with E-state index in [9.17, 15) is 5.11 Å². The summed E-state index contributed by atoms with van der Waals surface area (Å²) in [6.07, 6.45) is 0. The largest absolute Gasteiger partial charge is 0.504 e. The highest BCUT2D eigenvalue weighted by atomic mass is 35.5. The number of ether oxygens (including phenoxy) is 1. The number of anilines is 2. The average Bonchev–Trinajstić information content (AvgIpc) is 2.84. The molecule has 1 aromatic heterocycles. The van der Waals surface area contributed by atoms with Crippen LogP contribution in [0.15, 0.2) is 42.5 Å². The summed E-state index contributed by atoms with van der Waals surface area (Å²) in [5.74, 6) is 1.60. The first kappa shape index (κ1) is 17.4. The molecule has 0 radical (unpaired) electrons. The van der Waals surface area contributed by atoms with Gasteiger partial charge in [-0.05, 0) is 42.3 Å². The highest BCUT2D eigenvalue weighted by Gasteiger charge is 2.21. The van der Waals surface area contributed by atoms with Crippen molar-refractivity contribution >= 4 is 23.4 Å². The number of benzene rings is 2. The number of halogens is 1. The zero-order valence-corrected chi connectivity index (χ0v) is 15.6. The van der Waals surface area contributed by atoms with Crippen molar-refractivity contribution in [3.63, 3.8) is 0 Å². The molecule has 2 heterocycles. The molecule has 0 fully saturated rings. The lowest BCUT2D eigenvalue weighted by Crippen LogP contribution is -2.26. The van der Waals surface area contributed by atoms with Gasteiger partial charge in [0.25, 0.3) is 0 Å². The predicted molar refractivity (Wildman–Crippen MR) is 106 cm³/mol. The molecule has 0 unspecified atom stereocenters. The number of hydrogen-bond acceptors (Lipinski definition) is 6. The number of nitrogens with two attached hydrogens (primary N) is 1. The van der Waals surface area contributed by atoms with Gasteiger partial charge in [0.1, 0.15) is 12.4 Å². The monoisotopic (exact) mass is 382 g/mol. The van der Waals surface area contributed by atoms with Crippen LogP contribution >= 0.6 is 11.6 Å². The summed E-state index contributed by atoms with van der Waals surface area (Å²) in [6, 6.07) is 13.1. The second-order valence-corrected chi connectivity index (χ2v) is 6.93. The zero-order valence-electron chi connectivity index (χ0n) is 14.8. The maximum Gasteiger partial charge on any atom is 0.222 e. The van der Waals surface area contributed by atoms with Gasteiger partial charge in [0.2, 0.25) is 5.95 Å². The summed E-state index contributed by atoms with van der Waals surface area (Å²) >= 11 is 6.12. The van der Waals surface area contributed by atoms with Crippen molar-refractivity contribution in [2.45, 2.75) is 13.5 Å². The van der Waals surface area contributed by atoms with Crippen LogP contribution < -0.4 is 15.4 Å². The summed E-state index contributed by atoms with van der Waals surface area (Å²) in [5, 5.41) is 11.2. The van der Waals surface area contributed by atoms with E-state index in [-0.39, 0.29) is 11.7 Å². The fourth-order valence-electron chi connectivity index (χ4n) is 3.27. The number of nitrogens with zero attached hydrogens (tertiary/aromatic N) is 3. The molecular formula is C20H19ClN4O2. The third-order valence-electron chi connectivity index (χ3n) is 4.45. The van der Waals surface area contributed by atoms with E-state index in [1.54, 1.807) is 6.07 Å². The topological polar surface area (TPSA) is 84.5 Å². The molecule has 2 aromatic carbocycles. The molecule has 7 heteroatoms. The van der Waals surface area contributed by atoms with Gasteiger partial charge in [-0.3, -0.25) is 0 Å². The molecule has 6 nitrogen and oxygen atoms in total. The van der Waals surface area contributed by atoms with E-state index < -0.39 is 0 Å². The van der Waals surface area contributed by atoms with Crippen LogP contribution in [-0.2, 0) is 6.54 Å². The molecule has 0 saturated heterocycles. The van der Waals surface area contributed by atoms with Crippen LogP contribution in [0.2, 0.25) is 5.02 Å². The number of phenolic OH excluding ortho intramolecular Hbond substituents is 1. The van der Waals surface area contributed by atoms with E-state index in [2.05, 4.69) is 14.9 Å². The SMILES string of the molecule is Cc1cc(N2CCOc3c(O)cc(-c4cccc(Cl)c4)cc3C2)nc(N)n1. The van der Waals surface area contributed by atoms with Crippen LogP contribution in [0.1, 0.15) is 11.3 Å². The summed E-state index contributed by atoms with van der Waals surface area (Å²) in [6.45, 7) is 3.47. The number of hydrogen-bond donors (Lipinski definition) is 2. The first-order chi connectivity index (χ1) is 13.0. The smallest absolute Gasteiger partial charge is 0.222 e. The number of rotatable bonds is 2. The fourth-order valence-corrected chi connectivity index (χ4v) is 3.46. The molecule has 3 N–H and O–H groups in total. The quantitative estimate of drug-likeness (QED) is 0.701. The van der Waals surface area contributed by atoms with Crippen molar-refractivity contribution in [1.82, 2.24) is 9.97 Å². The maximum atomic E-state index is 10.5. The molecular weight excluding hydrogens is 364 g/mol. The third-order valence-corrected chi connectivity index (χ3v) is 4.69. The van der Waals surface area contributed by atoms with Crippen LogP contribution in [0, 0.1) is 6.92 Å². The van der Waals surface area contributed by atoms with Gasteiger partial charge in [0.05, 0.1) is 6.54 Å². The molecule has 0 aliphatic carbocycles. The molecule has 27 heavy (non-hydrogen) atoms. The molecule has 0 amide bonds. The van der Waals surface area contributed by atoms with Crippen LogP contribution in [0.5, 0.6) is 11.5 Å². The molecule has 3 aromatic rings. The van der Waals surface area contributed by atoms with Gasteiger partial charge in [0, 0.05) is 28.9 Å². The molecule has 1 aliphatic heterocycles. The average molecular weight is 383 g/mol. The van der Waals surface area contributed by atoms with E-state index in [4.69, 9.17) is 22.1 Å². The van der Waals surface area contributed by atoms with E-state index in [1.165, 1.54) is 0 Å². The summed E-state index contributed by atoms with van der Waals surface area (Å²) in [5.41, 5.74) is 9.28. The highest BCUT2D eigenvalue weighted by molar-refractivity contribution is 6.30. The molecule has 1 aliphatic rings. The lowest BCUT2D eigenvalue weighted by molar-refractivity contribution is 0.311. The van der Waals surface area contributed by atoms with Crippen molar-refractivity contribution in [1.29, 1.82) is 0 Å². The van der Waals surface area contributed by atoms with Crippen LogP contribution in [-0.4, -0.2) is 28.2 Å². The number of fused-ring (bicyclic) bond motifs is 1. The zero-order chi connectivity index (χ0) is 19.0. The Morgan fingerprint density at radius 3 is 2.78 bits per heavy atom. The Morgan fingerprint density at radius 2 is 2.00 bits per heavy atom. The number of nitrogen functional groups attached to an aromatic ring is 1. The van der Waals surface area contributed by atoms with Crippen molar-refractivity contribution in [2.75, 3.05) is 23.8 Å². The number of phenols is 1. The van der Waals surface area contributed by atoms with Crippen molar-refractivity contribution in [3.8, 4) is 22.6 Å². The van der Waals surface area contributed by atoms with E-state index in [1.807, 2.05) is 43.3 Å². The Balaban J connectivity index is 1.75. The van der Waals surface area contributed by atoms with Gasteiger partial charge in [-0.1, -0.05) is 23.7 Å². The van der Waals surface area contributed by atoms with Gasteiger partial charge >= 0.3 is 0 Å². The van der Waals surface area contributed by atoms with Crippen LogP contribution in [0.25, 0.3) is 11.1 Å². The molecule has 0 atom stereocenters. The normalized spacial score (nSPS) is 13.6. The summed E-state index contributed by atoms with van der Waals surface area (Å²) in [4.78, 5) is 10.5. The lowest BCUT2D eigenvalue weighted by Gasteiger charge is -2.21. The van der Waals surface area contributed by atoms with E-state index >= 15 is 0 Å². The van der Waals surface area contributed by atoms with E-state index in [0.717, 1.165) is 28.2 Å². The van der Waals surface area contributed by atoms with Crippen LogP contribution in [0.3, 0.4) is 0 Å². The first-order valence-corrected chi connectivity index (χ1v) is 8.98. The van der Waals surface area contributed by atoms with Gasteiger partial charge < -0.3 is 20.5 Å². The second-order valence-electron chi connectivity index (χ2n) is 6.49. The Bertz CT molecular complexity index is 989. The van der Waals surface area contributed by atoms with Gasteiger partial charge in [-0.25, -0.2) is 4.98 Å². The van der Waals surface area contributed by atoms with Crippen molar-refractivity contribution in [2.24, 2.45) is 0 Å². The molecule has 0 bridgehead atoms. The van der Waals surface area contributed by atoms with Gasteiger partial charge in [-0.15, -0.1) is 0 Å². The molecule has 138 valence electrons. The number of aromatic hydroxyl groups is 1.